The van der Waals surface area contributed by atoms with Crippen molar-refractivity contribution >= 4 is 6.16 Å². The second-order valence-corrected chi connectivity index (χ2v) is 2.60. The highest BCUT2D eigenvalue weighted by molar-refractivity contribution is 5.60. The van der Waals surface area contributed by atoms with Gasteiger partial charge < -0.3 is 19.7 Å². The molecule has 0 saturated carbocycles. The summed E-state index contributed by atoms with van der Waals surface area (Å²) in [4.78, 5) is 10.4. The van der Waals surface area contributed by atoms with Crippen LogP contribution in [0, 0.1) is 0 Å². The zero-order valence-electron chi connectivity index (χ0n) is 9.43. The van der Waals surface area contributed by atoms with E-state index in [-0.39, 0.29) is 26.4 Å². The Morgan fingerprint density at radius 1 is 1.00 bits per heavy atom. The van der Waals surface area contributed by atoms with Gasteiger partial charge in [0.05, 0.1) is 0 Å². The maximum Gasteiger partial charge on any atom is 0.508 e. The van der Waals surface area contributed by atoms with E-state index in [0.717, 1.165) is 12.8 Å². The summed E-state index contributed by atoms with van der Waals surface area (Å²) in [5.74, 6) is 0. The number of carbonyl (C=O) groups is 1. The van der Waals surface area contributed by atoms with Crippen LogP contribution in [0.15, 0.2) is 25.3 Å². The van der Waals surface area contributed by atoms with Crippen LogP contribution in [0.2, 0.25) is 0 Å². The number of hydrogen-bond donors (Lipinski definition) is 2. The van der Waals surface area contributed by atoms with Gasteiger partial charge in [0.1, 0.15) is 13.2 Å². The van der Waals surface area contributed by atoms with Gasteiger partial charge in [-0.25, -0.2) is 4.79 Å². The van der Waals surface area contributed by atoms with Crippen molar-refractivity contribution in [2.24, 2.45) is 0 Å². The standard InChI is InChI=1S/C7H10O3.C4H10O2/c1-3-5-9-7(8)10-6-4-2;5-3-1-2-4-6/h3-4H,1-2,5-6H2;5-6H,1-4H2. The summed E-state index contributed by atoms with van der Waals surface area (Å²) in [5, 5.41) is 16.2. The number of unbranched alkanes of at least 4 members (excludes halogenated alkanes) is 1. The normalized spacial score (nSPS) is 8.38. The third kappa shape index (κ3) is 18.5. The number of rotatable bonds is 7. The largest absolute Gasteiger partial charge is 0.508 e. The summed E-state index contributed by atoms with van der Waals surface area (Å²) in [7, 11) is 0. The Balaban J connectivity index is 0. The van der Waals surface area contributed by atoms with E-state index in [1.807, 2.05) is 0 Å². The molecule has 2 N–H and O–H groups in total. The molecule has 0 aromatic heterocycles. The second kappa shape index (κ2) is 16.1. The van der Waals surface area contributed by atoms with Gasteiger partial charge in [-0.1, -0.05) is 25.3 Å². The molecule has 0 fully saturated rings. The first-order valence-electron chi connectivity index (χ1n) is 4.96. The topological polar surface area (TPSA) is 76.0 Å². The van der Waals surface area contributed by atoms with Gasteiger partial charge >= 0.3 is 6.16 Å². The molecule has 5 heteroatoms. The molecule has 0 atom stereocenters. The smallest absolute Gasteiger partial charge is 0.430 e. The number of carbonyl (C=O) groups excluding carboxylic acids is 1. The molecule has 94 valence electrons. The summed E-state index contributed by atoms with van der Waals surface area (Å²) in [6.45, 7) is 7.46. The van der Waals surface area contributed by atoms with Crippen molar-refractivity contribution in [2.45, 2.75) is 12.8 Å². The van der Waals surface area contributed by atoms with E-state index in [9.17, 15) is 4.79 Å². The predicted molar refractivity (Wildman–Crippen MR) is 61.1 cm³/mol. The number of aliphatic hydroxyl groups is 2. The number of aliphatic hydroxyl groups excluding tert-OH is 2. The molecule has 0 unspecified atom stereocenters. The van der Waals surface area contributed by atoms with Crippen molar-refractivity contribution in [3.8, 4) is 0 Å². The zero-order valence-corrected chi connectivity index (χ0v) is 9.43. The quantitative estimate of drug-likeness (QED) is 0.392. The highest BCUT2D eigenvalue weighted by atomic mass is 16.7. The summed E-state index contributed by atoms with van der Waals surface area (Å²) < 4.78 is 8.93. The molecule has 0 bridgehead atoms. The Bertz CT molecular complexity index is 161. The first-order chi connectivity index (χ1) is 7.72. The first-order valence-corrected chi connectivity index (χ1v) is 4.96. The third-order valence-corrected chi connectivity index (χ3v) is 1.20. The Morgan fingerprint density at radius 2 is 1.38 bits per heavy atom. The maximum atomic E-state index is 10.4. The molecule has 0 saturated heterocycles. The summed E-state index contributed by atoms with van der Waals surface area (Å²) in [5.41, 5.74) is 0. The van der Waals surface area contributed by atoms with E-state index in [0.29, 0.717) is 0 Å². The van der Waals surface area contributed by atoms with E-state index in [1.54, 1.807) is 0 Å². The average molecular weight is 232 g/mol. The van der Waals surface area contributed by atoms with Gasteiger partial charge in [0.15, 0.2) is 0 Å². The summed E-state index contributed by atoms with van der Waals surface area (Å²) >= 11 is 0. The van der Waals surface area contributed by atoms with Crippen LogP contribution < -0.4 is 0 Å². The fourth-order valence-corrected chi connectivity index (χ4v) is 0.519. The molecule has 0 aliphatic heterocycles. The molecular formula is C11H20O5. The fraction of sp³-hybridized carbons (Fsp3) is 0.545. The Kier molecular flexibility index (Phi) is 17.2. The highest BCUT2D eigenvalue weighted by Gasteiger charge is 1.97. The van der Waals surface area contributed by atoms with Crippen LogP contribution in [0.1, 0.15) is 12.8 Å². The molecule has 0 radical (unpaired) electrons. The van der Waals surface area contributed by atoms with Crippen LogP contribution >= 0.6 is 0 Å². The average Bonchev–Trinajstić information content (AvgIpc) is 2.32. The SMILES string of the molecule is C=CCOC(=O)OCC=C.OCCCCO. The van der Waals surface area contributed by atoms with Gasteiger partial charge in [0.2, 0.25) is 0 Å². The lowest BCUT2D eigenvalue weighted by Gasteiger charge is -1.99. The minimum atomic E-state index is -0.695. The fourth-order valence-electron chi connectivity index (χ4n) is 0.519. The molecule has 0 aliphatic carbocycles. The van der Waals surface area contributed by atoms with Crippen molar-refractivity contribution in [3.63, 3.8) is 0 Å². The second-order valence-electron chi connectivity index (χ2n) is 2.60. The molecule has 5 nitrogen and oxygen atoms in total. The molecule has 0 amide bonds. The molecule has 0 aliphatic rings. The van der Waals surface area contributed by atoms with Crippen LogP contribution in [0.5, 0.6) is 0 Å². The van der Waals surface area contributed by atoms with Crippen LogP contribution in [0.3, 0.4) is 0 Å². The highest BCUT2D eigenvalue weighted by Crippen LogP contribution is 1.84. The zero-order chi connectivity index (χ0) is 12.6. The molecular weight excluding hydrogens is 212 g/mol. The molecule has 0 heterocycles. The van der Waals surface area contributed by atoms with Crippen molar-refractivity contribution in [1.29, 1.82) is 0 Å². The van der Waals surface area contributed by atoms with Gasteiger partial charge in [-0.05, 0) is 12.8 Å². The minimum Gasteiger partial charge on any atom is -0.430 e. The first kappa shape index (κ1) is 17.1. The molecule has 0 aromatic carbocycles. The molecule has 0 rings (SSSR count). The lowest BCUT2D eigenvalue weighted by atomic mass is 10.3. The molecule has 16 heavy (non-hydrogen) atoms. The number of ether oxygens (including phenoxy) is 2. The van der Waals surface area contributed by atoms with Crippen LogP contribution in [-0.4, -0.2) is 42.8 Å². The van der Waals surface area contributed by atoms with Gasteiger partial charge in [0.25, 0.3) is 0 Å². The Hall–Kier alpha value is -1.33. The van der Waals surface area contributed by atoms with Gasteiger partial charge in [-0.15, -0.1) is 0 Å². The Morgan fingerprint density at radius 3 is 1.62 bits per heavy atom. The van der Waals surface area contributed by atoms with E-state index in [4.69, 9.17) is 10.2 Å². The van der Waals surface area contributed by atoms with Crippen molar-refractivity contribution in [2.75, 3.05) is 26.4 Å². The third-order valence-electron chi connectivity index (χ3n) is 1.20. The molecule has 0 spiro atoms. The van der Waals surface area contributed by atoms with Crippen molar-refractivity contribution in [3.05, 3.63) is 25.3 Å². The lowest BCUT2D eigenvalue weighted by molar-refractivity contribution is 0.0718. The summed E-state index contributed by atoms with van der Waals surface area (Å²) in [6, 6.07) is 0. The summed E-state index contributed by atoms with van der Waals surface area (Å²) in [6.07, 6.45) is 3.68. The maximum absolute atomic E-state index is 10.4. The van der Waals surface area contributed by atoms with E-state index in [2.05, 4.69) is 22.6 Å². The van der Waals surface area contributed by atoms with Gasteiger partial charge in [0, 0.05) is 13.2 Å². The van der Waals surface area contributed by atoms with E-state index in [1.165, 1.54) is 12.2 Å². The molecule has 0 aromatic rings. The van der Waals surface area contributed by atoms with Crippen molar-refractivity contribution in [1.82, 2.24) is 0 Å². The Labute approximate surface area is 96.0 Å². The lowest BCUT2D eigenvalue weighted by Crippen LogP contribution is -2.06. The van der Waals surface area contributed by atoms with E-state index >= 15 is 0 Å². The van der Waals surface area contributed by atoms with E-state index < -0.39 is 6.16 Å². The van der Waals surface area contributed by atoms with Crippen LogP contribution in [-0.2, 0) is 9.47 Å². The van der Waals surface area contributed by atoms with Gasteiger partial charge in [-0.3, -0.25) is 0 Å². The van der Waals surface area contributed by atoms with Crippen LogP contribution in [0.25, 0.3) is 0 Å². The van der Waals surface area contributed by atoms with Crippen molar-refractivity contribution < 1.29 is 24.5 Å². The monoisotopic (exact) mass is 232 g/mol. The van der Waals surface area contributed by atoms with Crippen LogP contribution in [0.4, 0.5) is 4.79 Å². The minimum absolute atomic E-state index is 0.177. The number of hydrogen-bond acceptors (Lipinski definition) is 5. The predicted octanol–water partition coefficient (Wildman–Crippen LogP) is 1.26. The van der Waals surface area contributed by atoms with Gasteiger partial charge in [-0.2, -0.15) is 0 Å².